The Kier molecular flexibility index (Phi) is 5.07. The van der Waals surface area contributed by atoms with Gasteiger partial charge in [0.25, 0.3) is 5.91 Å². The van der Waals surface area contributed by atoms with E-state index in [0.29, 0.717) is 23.8 Å². The predicted octanol–water partition coefficient (Wildman–Crippen LogP) is 2.97. The van der Waals surface area contributed by atoms with Crippen LogP contribution in [0.1, 0.15) is 27.6 Å². The van der Waals surface area contributed by atoms with E-state index in [4.69, 9.17) is 16.3 Å². The molecule has 1 amide bonds. The van der Waals surface area contributed by atoms with E-state index in [1.165, 1.54) is 12.0 Å². The summed E-state index contributed by atoms with van der Waals surface area (Å²) in [6.45, 7) is 2.06. The fourth-order valence-electron chi connectivity index (χ4n) is 3.52. The molecule has 7 nitrogen and oxygen atoms in total. The highest BCUT2D eigenvalue weighted by Crippen LogP contribution is 2.25. The second-order valence-corrected chi connectivity index (χ2v) is 7.25. The smallest absolute Gasteiger partial charge is 0.328 e. The minimum atomic E-state index is -0.717. The van der Waals surface area contributed by atoms with Crippen LogP contribution in [0.25, 0.3) is 5.69 Å². The number of hydrogen-bond acceptors (Lipinski definition) is 5. The van der Waals surface area contributed by atoms with Gasteiger partial charge in [0.1, 0.15) is 11.9 Å². The molecule has 0 aliphatic carbocycles. The van der Waals surface area contributed by atoms with Crippen LogP contribution in [0.4, 0.5) is 0 Å². The molecule has 29 heavy (non-hydrogen) atoms. The number of hydrogen-bond donors (Lipinski definition) is 0. The van der Waals surface area contributed by atoms with E-state index in [1.54, 1.807) is 35.9 Å². The van der Waals surface area contributed by atoms with Crippen LogP contribution in [-0.2, 0) is 22.5 Å². The number of rotatable bonds is 3. The molecule has 4 rings (SSSR count). The monoisotopic (exact) mass is 410 g/mol. The number of fused-ring (bicyclic) bond motifs is 1. The summed E-state index contributed by atoms with van der Waals surface area (Å²) in [6.07, 6.45) is 0.394. The molecule has 8 heteroatoms. The third-order valence-electron chi connectivity index (χ3n) is 5.01. The van der Waals surface area contributed by atoms with Crippen molar-refractivity contribution in [2.24, 2.45) is 0 Å². The summed E-state index contributed by atoms with van der Waals surface area (Å²) in [7, 11) is 1.32. The van der Waals surface area contributed by atoms with E-state index in [1.807, 2.05) is 24.3 Å². The van der Waals surface area contributed by atoms with Crippen LogP contribution in [0.3, 0.4) is 0 Å². The van der Waals surface area contributed by atoms with Gasteiger partial charge in [0.15, 0.2) is 0 Å². The molecule has 1 aliphatic heterocycles. The fourth-order valence-corrected chi connectivity index (χ4v) is 3.65. The molecular weight excluding hydrogens is 392 g/mol. The quantitative estimate of drug-likeness (QED) is 0.620. The largest absolute Gasteiger partial charge is 0.467 e. The van der Waals surface area contributed by atoms with Gasteiger partial charge >= 0.3 is 5.97 Å². The Hall–Kier alpha value is -3.19. The number of aryl methyl sites for hydroxylation is 1. The lowest BCUT2D eigenvalue weighted by Crippen LogP contribution is -2.49. The van der Waals surface area contributed by atoms with Gasteiger partial charge in [-0.3, -0.25) is 4.79 Å². The third-order valence-corrected chi connectivity index (χ3v) is 5.27. The van der Waals surface area contributed by atoms with Crippen LogP contribution >= 0.6 is 11.6 Å². The highest BCUT2D eigenvalue weighted by Gasteiger charge is 2.37. The first kappa shape index (κ1) is 19.1. The maximum absolute atomic E-state index is 13.3. The van der Waals surface area contributed by atoms with Crippen molar-refractivity contribution in [3.05, 3.63) is 76.3 Å². The molecule has 1 aromatic heterocycles. The summed E-state index contributed by atoms with van der Waals surface area (Å²) in [5.41, 5.74) is 2.77. The van der Waals surface area contributed by atoms with Gasteiger partial charge in [-0.2, -0.15) is 0 Å². The minimum absolute atomic E-state index is 0.0331. The number of esters is 1. The Morgan fingerprint density at radius 3 is 2.48 bits per heavy atom. The average molecular weight is 411 g/mol. The Bertz CT molecular complexity index is 1080. The van der Waals surface area contributed by atoms with Crippen LogP contribution in [0, 0.1) is 6.92 Å². The number of aromatic nitrogens is 3. The molecule has 0 saturated carbocycles. The Morgan fingerprint density at radius 2 is 1.79 bits per heavy atom. The molecular formula is C21H19ClN4O3. The first-order chi connectivity index (χ1) is 14.0. The Balaban J connectivity index is 1.68. The zero-order chi connectivity index (χ0) is 20.5. The Labute approximate surface area is 172 Å². The third kappa shape index (κ3) is 3.61. The molecule has 0 bridgehead atoms. The van der Waals surface area contributed by atoms with Crippen molar-refractivity contribution in [2.45, 2.75) is 25.9 Å². The summed E-state index contributed by atoms with van der Waals surface area (Å²) in [6, 6.07) is 14.1. The van der Waals surface area contributed by atoms with E-state index >= 15 is 0 Å². The van der Waals surface area contributed by atoms with Crippen molar-refractivity contribution in [1.29, 1.82) is 0 Å². The van der Waals surface area contributed by atoms with Crippen molar-refractivity contribution in [3.8, 4) is 5.69 Å². The van der Waals surface area contributed by atoms with E-state index in [-0.39, 0.29) is 5.82 Å². The number of amides is 1. The highest BCUT2D eigenvalue weighted by atomic mass is 35.5. The molecule has 1 atom stereocenters. The molecule has 148 valence electrons. The van der Waals surface area contributed by atoms with E-state index in [9.17, 15) is 9.59 Å². The number of ether oxygens (including phenoxy) is 1. The molecule has 3 aromatic rings. The van der Waals surface area contributed by atoms with E-state index in [2.05, 4.69) is 10.1 Å². The molecule has 2 heterocycles. The number of halogens is 1. The van der Waals surface area contributed by atoms with Gasteiger partial charge in [0.2, 0.25) is 5.82 Å². The van der Waals surface area contributed by atoms with Crippen LogP contribution in [0.2, 0.25) is 5.02 Å². The summed E-state index contributed by atoms with van der Waals surface area (Å²) in [5.74, 6) is -0.277. The SMILES string of the molecule is COC(=O)C1Cc2ccccc2CN1C(=O)c1nc(C)n(-c2ccc(Cl)cc2)n1. The van der Waals surface area contributed by atoms with Crippen LogP contribution in [-0.4, -0.2) is 44.7 Å². The van der Waals surface area contributed by atoms with E-state index in [0.717, 1.165) is 16.8 Å². The maximum Gasteiger partial charge on any atom is 0.328 e. The minimum Gasteiger partial charge on any atom is -0.467 e. The molecule has 0 fully saturated rings. The number of nitrogens with zero attached hydrogens (tertiary/aromatic N) is 4. The number of benzene rings is 2. The molecule has 1 unspecified atom stereocenters. The second kappa shape index (κ2) is 7.67. The van der Waals surface area contributed by atoms with Crippen LogP contribution in [0.15, 0.2) is 48.5 Å². The molecule has 0 spiro atoms. The van der Waals surface area contributed by atoms with Crippen molar-refractivity contribution in [2.75, 3.05) is 7.11 Å². The van der Waals surface area contributed by atoms with Gasteiger partial charge in [0, 0.05) is 18.0 Å². The van der Waals surface area contributed by atoms with Gasteiger partial charge in [-0.25, -0.2) is 14.5 Å². The standard InChI is InChI=1S/C21H19ClN4O3/c1-13-23-19(24-26(13)17-9-7-16(22)8-10-17)20(27)25-12-15-6-4-3-5-14(15)11-18(25)21(28)29-2/h3-10,18H,11-12H2,1-2H3. The lowest BCUT2D eigenvalue weighted by molar-refractivity contribution is -0.146. The zero-order valence-electron chi connectivity index (χ0n) is 16.0. The molecule has 0 saturated heterocycles. The molecule has 0 radical (unpaired) electrons. The summed E-state index contributed by atoms with van der Waals surface area (Å²) < 4.78 is 6.52. The number of carbonyl (C=O) groups is 2. The number of carbonyl (C=O) groups excluding carboxylic acids is 2. The first-order valence-electron chi connectivity index (χ1n) is 9.13. The lowest BCUT2D eigenvalue weighted by atomic mass is 9.94. The highest BCUT2D eigenvalue weighted by molar-refractivity contribution is 6.30. The average Bonchev–Trinajstić information content (AvgIpc) is 3.13. The van der Waals surface area contributed by atoms with Crippen LogP contribution in [0.5, 0.6) is 0 Å². The molecule has 2 aromatic carbocycles. The predicted molar refractivity (Wildman–Crippen MR) is 107 cm³/mol. The lowest BCUT2D eigenvalue weighted by Gasteiger charge is -2.34. The summed E-state index contributed by atoms with van der Waals surface area (Å²) in [5, 5.41) is 4.99. The van der Waals surface area contributed by atoms with Gasteiger partial charge in [-0.1, -0.05) is 35.9 Å². The van der Waals surface area contributed by atoms with Gasteiger partial charge in [-0.15, -0.1) is 5.10 Å². The van der Waals surface area contributed by atoms with Gasteiger partial charge < -0.3 is 9.64 Å². The maximum atomic E-state index is 13.3. The van der Waals surface area contributed by atoms with Crippen LogP contribution < -0.4 is 0 Å². The molecule has 0 N–H and O–H groups in total. The molecule has 1 aliphatic rings. The van der Waals surface area contributed by atoms with Crippen molar-refractivity contribution in [1.82, 2.24) is 19.7 Å². The van der Waals surface area contributed by atoms with E-state index < -0.39 is 17.9 Å². The number of methoxy groups -OCH3 is 1. The first-order valence-corrected chi connectivity index (χ1v) is 9.51. The topological polar surface area (TPSA) is 77.3 Å². The zero-order valence-corrected chi connectivity index (χ0v) is 16.8. The normalized spacial score (nSPS) is 15.7. The van der Waals surface area contributed by atoms with Gasteiger partial charge in [-0.05, 0) is 42.3 Å². The fraction of sp³-hybridized carbons (Fsp3) is 0.238. The summed E-state index contributed by atoms with van der Waals surface area (Å²) in [4.78, 5) is 31.4. The van der Waals surface area contributed by atoms with Crippen molar-refractivity contribution in [3.63, 3.8) is 0 Å². The van der Waals surface area contributed by atoms with Crippen molar-refractivity contribution < 1.29 is 14.3 Å². The summed E-state index contributed by atoms with van der Waals surface area (Å²) >= 11 is 5.95. The second-order valence-electron chi connectivity index (χ2n) is 6.82. The Morgan fingerprint density at radius 1 is 1.10 bits per heavy atom. The van der Waals surface area contributed by atoms with Gasteiger partial charge in [0.05, 0.1) is 12.8 Å². The van der Waals surface area contributed by atoms with Crippen molar-refractivity contribution >= 4 is 23.5 Å².